The van der Waals surface area contributed by atoms with Crippen molar-refractivity contribution >= 4 is 11.9 Å². The number of carbonyl (C=O) groups is 2. The minimum absolute atomic E-state index is 0.0197. The minimum Gasteiger partial charge on any atom is -0.444 e. The molecule has 1 fully saturated rings. The zero-order valence-corrected chi connectivity index (χ0v) is 11.6. The Bertz CT molecular complexity index is 328. The Morgan fingerprint density at radius 3 is 2.18 bits per heavy atom. The van der Waals surface area contributed by atoms with Crippen molar-refractivity contribution in [1.29, 1.82) is 0 Å². The van der Waals surface area contributed by atoms with Gasteiger partial charge in [0.2, 0.25) is 0 Å². The van der Waals surface area contributed by atoms with Gasteiger partial charge in [0.25, 0.3) is 0 Å². The lowest BCUT2D eigenvalue weighted by molar-refractivity contribution is -0.132. The molecule has 0 spiro atoms. The SMILES string of the molecule is CC(=O)[C@H]1C[C@H](NC(=O)OC(C)(C)C)C1(C)C. The van der Waals surface area contributed by atoms with Gasteiger partial charge in [-0.25, -0.2) is 4.79 Å². The van der Waals surface area contributed by atoms with Crippen LogP contribution in [0.25, 0.3) is 0 Å². The van der Waals surface area contributed by atoms with Crippen LogP contribution in [0, 0.1) is 11.3 Å². The van der Waals surface area contributed by atoms with Crippen molar-refractivity contribution < 1.29 is 14.3 Å². The predicted molar refractivity (Wildman–Crippen MR) is 65.7 cm³/mol. The Morgan fingerprint density at radius 1 is 1.29 bits per heavy atom. The predicted octanol–water partition coefficient (Wildman–Crippen LogP) is 2.51. The van der Waals surface area contributed by atoms with Crippen molar-refractivity contribution in [2.75, 3.05) is 0 Å². The molecule has 0 bridgehead atoms. The van der Waals surface area contributed by atoms with Crippen LogP contribution in [-0.4, -0.2) is 23.5 Å². The number of hydrogen-bond acceptors (Lipinski definition) is 3. The number of nitrogens with one attached hydrogen (secondary N) is 1. The Morgan fingerprint density at radius 2 is 1.82 bits per heavy atom. The molecule has 1 saturated carbocycles. The number of carbonyl (C=O) groups excluding carboxylic acids is 2. The monoisotopic (exact) mass is 241 g/mol. The molecule has 1 aliphatic carbocycles. The van der Waals surface area contributed by atoms with Gasteiger partial charge in [-0.15, -0.1) is 0 Å². The number of Topliss-reactive ketones (excluding diaryl/α,β-unsaturated/α-hetero) is 1. The van der Waals surface area contributed by atoms with Crippen LogP contribution in [0.2, 0.25) is 0 Å². The standard InChI is InChI=1S/C13H23NO3/c1-8(15)9-7-10(13(9,5)6)14-11(16)17-12(2,3)4/h9-10H,7H2,1-6H3,(H,14,16)/t9-,10+/m1/s1. The topological polar surface area (TPSA) is 55.4 Å². The van der Waals surface area contributed by atoms with Gasteiger partial charge in [0.15, 0.2) is 0 Å². The summed E-state index contributed by atoms with van der Waals surface area (Å²) in [6, 6.07) is 0.0197. The van der Waals surface area contributed by atoms with E-state index in [1.807, 2.05) is 34.6 Å². The van der Waals surface area contributed by atoms with Gasteiger partial charge in [-0.1, -0.05) is 13.8 Å². The fraction of sp³-hybridized carbons (Fsp3) is 0.846. The molecule has 0 aliphatic heterocycles. The van der Waals surface area contributed by atoms with E-state index in [-0.39, 0.29) is 23.2 Å². The Balaban J connectivity index is 2.51. The van der Waals surface area contributed by atoms with E-state index in [4.69, 9.17) is 4.74 Å². The van der Waals surface area contributed by atoms with Crippen molar-refractivity contribution in [3.63, 3.8) is 0 Å². The first-order valence-electron chi connectivity index (χ1n) is 6.04. The maximum Gasteiger partial charge on any atom is 0.407 e. The maximum absolute atomic E-state index is 11.6. The lowest BCUT2D eigenvalue weighted by Gasteiger charge is -2.51. The molecule has 98 valence electrons. The molecular formula is C13H23NO3. The van der Waals surface area contributed by atoms with Gasteiger partial charge in [0, 0.05) is 12.0 Å². The van der Waals surface area contributed by atoms with Gasteiger partial charge in [0.1, 0.15) is 11.4 Å². The van der Waals surface area contributed by atoms with E-state index in [0.717, 1.165) is 0 Å². The van der Waals surface area contributed by atoms with Crippen LogP contribution in [-0.2, 0) is 9.53 Å². The normalized spacial score (nSPS) is 26.9. The van der Waals surface area contributed by atoms with E-state index < -0.39 is 11.7 Å². The maximum atomic E-state index is 11.6. The van der Waals surface area contributed by atoms with E-state index in [1.165, 1.54) is 0 Å². The summed E-state index contributed by atoms with van der Waals surface area (Å²) in [4.78, 5) is 23.0. The molecule has 1 rings (SSSR count). The summed E-state index contributed by atoms with van der Waals surface area (Å²) in [5.41, 5.74) is -0.666. The van der Waals surface area contributed by atoms with Gasteiger partial charge >= 0.3 is 6.09 Å². The summed E-state index contributed by atoms with van der Waals surface area (Å²) in [5, 5.41) is 2.83. The fourth-order valence-electron chi connectivity index (χ4n) is 2.31. The summed E-state index contributed by atoms with van der Waals surface area (Å²) in [6.07, 6.45) is 0.305. The first-order chi connectivity index (χ1) is 7.54. The van der Waals surface area contributed by atoms with E-state index in [2.05, 4.69) is 5.32 Å². The smallest absolute Gasteiger partial charge is 0.407 e. The highest BCUT2D eigenvalue weighted by atomic mass is 16.6. The van der Waals surface area contributed by atoms with Gasteiger partial charge in [-0.05, 0) is 39.5 Å². The van der Waals surface area contributed by atoms with Crippen LogP contribution in [0.1, 0.15) is 48.0 Å². The zero-order chi connectivity index (χ0) is 13.4. The molecule has 4 nitrogen and oxygen atoms in total. The quantitative estimate of drug-likeness (QED) is 0.808. The highest BCUT2D eigenvalue weighted by Crippen LogP contribution is 2.46. The first-order valence-corrected chi connectivity index (χ1v) is 6.04. The number of ether oxygens (including phenoxy) is 1. The number of hydrogen-bond donors (Lipinski definition) is 1. The average molecular weight is 241 g/mol. The second kappa shape index (κ2) is 4.31. The highest BCUT2D eigenvalue weighted by molar-refractivity contribution is 5.81. The number of amides is 1. The fourth-order valence-corrected chi connectivity index (χ4v) is 2.31. The number of rotatable bonds is 2. The third-order valence-corrected chi connectivity index (χ3v) is 3.45. The van der Waals surface area contributed by atoms with Gasteiger partial charge in [-0.2, -0.15) is 0 Å². The van der Waals surface area contributed by atoms with Crippen molar-refractivity contribution in [2.45, 2.75) is 59.6 Å². The lowest BCUT2D eigenvalue weighted by Crippen LogP contribution is -2.60. The molecule has 0 unspecified atom stereocenters. The minimum atomic E-state index is -0.488. The largest absolute Gasteiger partial charge is 0.444 e. The number of alkyl carbamates (subject to hydrolysis) is 1. The Hall–Kier alpha value is -1.06. The molecular weight excluding hydrogens is 218 g/mol. The van der Waals surface area contributed by atoms with Crippen molar-refractivity contribution in [2.24, 2.45) is 11.3 Å². The Kier molecular flexibility index (Phi) is 3.55. The van der Waals surface area contributed by atoms with Crippen LogP contribution < -0.4 is 5.32 Å². The van der Waals surface area contributed by atoms with Crippen molar-refractivity contribution in [3.8, 4) is 0 Å². The molecule has 0 saturated heterocycles. The highest BCUT2D eigenvalue weighted by Gasteiger charge is 2.51. The third kappa shape index (κ3) is 3.20. The second-order valence-corrected chi connectivity index (χ2v) is 6.42. The van der Waals surface area contributed by atoms with Crippen LogP contribution in [0.3, 0.4) is 0 Å². The molecule has 0 heterocycles. The van der Waals surface area contributed by atoms with E-state index in [9.17, 15) is 9.59 Å². The van der Waals surface area contributed by atoms with Gasteiger partial charge in [0.05, 0.1) is 0 Å². The van der Waals surface area contributed by atoms with Crippen molar-refractivity contribution in [1.82, 2.24) is 5.32 Å². The third-order valence-electron chi connectivity index (χ3n) is 3.45. The summed E-state index contributed by atoms with van der Waals surface area (Å²) in [7, 11) is 0. The van der Waals surface area contributed by atoms with E-state index in [1.54, 1.807) is 6.92 Å². The summed E-state index contributed by atoms with van der Waals surface area (Å²) >= 11 is 0. The van der Waals surface area contributed by atoms with Crippen LogP contribution in [0.4, 0.5) is 4.79 Å². The Labute approximate surface area is 103 Å². The molecule has 2 atom stereocenters. The molecule has 0 aromatic carbocycles. The molecule has 1 N–H and O–H groups in total. The average Bonchev–Trinajstić information content (AvgIpc) is 2.07. The first kappa shape index (κ1) is 14.0. The number of ketones is 1. The summed E-state index contributed by atoms with van der Waals surface area (Å²) in [6.45, 7) is 11.1. The molecule has 0 aromatic rings. The molecule has 17 heavy (non-hydrogen) atoms. The second-order valence-electron chi connectivity index (χ2n) is 6.42. The van der Waals surface area contributed by atoms with Crippen molar-refractivity contribution in [3.05, 3.63) is 0 Å². The van der Waals surface area contributed by atoms with Gasteiger partial charge in [-0.3, -0.25) is 4.79 Å². The van der Waals surface area contributed by atoms with E-state index >= 15 is 0 Å². The summed E-state index contributed by atoms with van der Waals surface area (Å²) in [5.74, 6) is 0.236. The van der Waals surface area contributed by atoms with Crippen LogP contribution in [0.15, 0.2) is 0 Å². The van der Waals surface area contributed by atoms with Crippen LogP contribution >= 0.6 is 0 Å². The molecule has 4 heteroatoms. The lowest BCUT2D eigenvalue weighted by atomic mass is 9.57. The van der Waals surface area contributed by atoms with Crippen LogP contribution in [0.5, 0.6) is 0 Å². The molecule has 0 aromatic heterocycles. The van der Waals surface area contributed by atoms with E-state index in [0.29, 0.717) is 6.42 Å². The van der Waals surface area contributed by atoms with Gasteiger partial charge < -0.3 is 10.1 Å². The molecule has 0 radical (unpaired) electrons. The summed E-state index contributed by atoms with van der Waals surface area (Å²) < 4.78 is 5.20. The molecule has 1 aliphatic rings. The molecule has 1 amide bonds. The zero-order valence-electron chi connectivity index (χ0n) is 11.6.